The second kappa shape index (κ2) is 9.65. The standard InChI is InChI=1S/C16H25F2N3O2S.HI/c1-11(13-7-6-12(17)10-14(13)18)21-15(19-5)20-8-9-24(22,23)16(2,3)4;/h6-7,10-11H,8-9H2,1-5H3,(H2,19,20,21);1H. The maximum absolute atomic E-state index is 13.8. The third-order valence-electron chi connectivity index (χ3n) is 3.60. The Morgan fingerprint density at radius 3 is 2.36 bits per heavy atom. The Labute approximate surface area is 165 Å². The molecule has 0 spiro atoms. The maximum atomic E-state index is 13.8. The smallest absolute Gasteiger partial charge is 0.191 e. The number of benzene rings is 1. The molecule has 1 unspecified atom stereocenters. The van der Waals surface area contributed by atoms with Crippen molar-refractivity contribution in [2.45, 2.75) is 38.5 Å². The van der Waals surface area contributed by atoms with Crippen LogP contribution in [0.15, 0.2) is 23.2 Å². The van der Waals surface area contributed by atoms with Gasteiger partial charge in [0.05, 0.1) is 16.5 Å². The molecule has 0 aliphatic rings. The van der Waals surface area contributed by atoms with E-state index in [9.17, 15) is 17.2 Å². The zero-order valence-electron chi connectivity index (χ0n) is 15.1. The summed E-state index contributed by atoms with van der Waals surface area (Å²) in [6.07, 6.45) is 0. The summed E-state index contributed by atoms with van der Waals surface area (Å²) in [5.74, 6) is -0.995. The van der Waals surface area contributed by atoms with Gasteiger partial charge in [0.2, 0.25) is 0 Å². The molecule has 144 valence electrons. The van der Waals surface area contributed by atoms with Gasteiger partial charge in [-0.25, -0.2) is 17.2 Å². The molecule has 1 aromatic rings. The van der Waals surface area contributed by atoms with Crippen molar-refractivity contribution in [3.8, 4) is 0 Å². The molecular weight excluding hydrogens is 463 g/mol. The normalized spacial score (nSPS) is 13.8. The van der Waals surface area contributed by atoms with Crippen molar-refractivity contribution in [1.82, 2.24) is 10.6 Å². The predicted molar refractivity (Wildman–Crippen MR) is 108 cm³/mol. The van der Waals surface area contributed by atoms with E-state index in [0.717, 1.165) is 6.07 Å². The molecule has 0 amide bonds. The van der Waals surface area contributed by atoms with Crippen molar-refractivity contribution in [3.05, 3.63) is 35.4 Å². The Morgan fingerprint density at radius 1 is 1.28 bits per heavy atom. The highest BCUT2D eigenvalue weighted by Crippen LogP contribution is 2.18. The van der Waals surface area contributed by atoms with E-state index in [2.05, 4.69) is 15.6 Å². The largest absolute Gasteiger partial charge is 0.355 e. The highest BCUT2D eigenvalue weighted by Gasteiger charge is 2.28. The molecule has 9 heteroatoms. The van der Waals surface area contributed by atoms with Gasteiger partial charge in [-0.3, -0.25) is 4.99 Å². The number of nitrogens with zero attached hydrogens (tertiary/aromatic N) is 1. The Morgan fingerprint density at radius 2 is 1.88 bits per heavy atom. The predicted octanol–water partition coefficient (Wildman–Crippen LogP) is 3.02. The van der Waals surface area contributed by atoms with Crippen LogP contribution >= 0.6 is 24.0 Å². The Kier molecular flexibility index (Phi) is 9.28. The van der Waals surface area contributed by atoms with E-state index < -0.39 is 32.3 Å². The Bertz CT molecular complexity index is 704. The second-order valence-electron chi connectivity index (χ2n) is 6.46. The summed E-state index contributed by atoms with van der Waals surface area (Å²) in [5, 5.41) is 5.84. The molecule has 0 radical (unpaired) electrons. The van der Waals surface area contributed by atoms with Crippen molar-refractivity contribution in [2.24, 2.45) is 4.99 Å². The highest BCUT2D eigenvalue weighted by molar-refractivity contribution is 14.0. The monoisotopic (exact) mass is 489 g/mol. The number of hydrogen-bond acceptors (Lipinski definition) is 3. The van der Waals surface area contributed by atoms with E-state index in [-0.39, 0.29) is 36.3 Å². The average Bonchev–Trinajstić information content (AvgIpc) is 2.44. The van der Waals surface area contributed by atoms with E-state index in [4.69, 9.17) is 0 Å². The molecule has 1 aromatic carbocycles. The Hall–Kier alpha value is -0.970. The van der Waals surface area contributed by atoms with E-state index in [0.29, 0.717) is 11.5 Å². The topological polar surface area (TPSA) is 70.6 Å². The zero-order valence-corrected chi connectivity index (χ0v) is 18.2. The van der Waals surface area contributed by atoms with Crippen LogP contribution in [0.3, 0.4) is 0 Å². The van der Waals surface area contributed by atoms with Crippen LogP contribution in [0.2, 0.25) is 0 Å². The molecule has 1 atom stereocenters. The van der Waals surface area contributed by atoms with Crippen molar-refractivity contribution in [2.75, 3.05) is 19.3 Å². The number of nitrogens with one attached hydrogen (secondary N) is 2. The summed E-state index contributed by atoms with van der Waals surface area (Å²) in [5.41, 5.74) is 0.293. The molecule has 0 heterocycles. The fourth-order valence-corrected chi connectivity index (χ4v) is 2.92. The Balaban J connectivity index is 0.00000576. The van der Waals surface area contributed by atoms with Gasteiger partial charge in [-0.15, -0.1) is 24.0 Å². The van der Waals surface area contributed by atoms with E-state index >= 15 is 0 Å². The van der Waals surface area contributed by atoms with Crippen LogP contribution in [0.25, 0.3) is 0 Å². The molecule has 0 aliphatic heterocycles. The van der Waals surface area contributed by atoms with Gasteiger partial charge in [0.15, 0.2) is 15.8 Å². The molecule has 25 heavy (non-hydrogen) atoms. The molecular formula is C16H26F2IN3O2S. The number of sulfone groups is 1. The lowest BCUT2D eigenvalue weighted by Gasteiger charge is -2.21. The molecule has 0 aromatic heterocycles. The van der Waals surface area contributed by atoms with Gasteiger partial charge in [0, 0.05) is 25.2 Å². The average molecular weight is 489 g/mol. The van der Waals surface area contributed by atoms with Crippen molar-refractivity contribution in [3.63, 3.8) is 0 Å². The first kappa shape index (κ1) is 24.0. The second-order valence-corrected chi connectivity index (χ2v) is 9.32. The fourth-order valence-electron chi connectivity index (χ4n) is 1.94. The van der Waals surface area contributed by atoms with Crippen LogP contribution in [0.1, 0.15) is 39.3 Å². The lowest BCUT2D eigenvalue weighted by molar-refractivity contribution is 0.550. The van der Waals surface area contributed by atoms with Crippen LogP contribution in [0.4, 0.5) is 8.78 Å². The van der Waals surface area contributed by atoms with Crippen LogP contribution in [-0.4, -0.2) is 38.5 Å². The summed E-state index contributed by atoms with van der Waals surface area (Å²) in [6.45, 7) is 6.82. The number of halogens is 3. The minimum absolute atomic E-state index is 0. The zero-order chi connectivity index (χ0) is 18.5. The molecule has 0 saturated heterocycles. The lowest BCUT2D eigenvalue weighted by Crippen LogP contribution is -2.42. The SMILES string of the molecule is CN=C(NCCS(=O)(=O)C(C)(C)C)NC(C)c1ccc(F)cc1F.I. The number of hydrogen-bond donors (Lipinski definition) is 2. The van der Waals surface area contributed by atoms with Gasteiger partial charge in [0.1, 0.15) is 11.6 Å². The molecule has 0 saturated carbocycles. The molecule has 1 rings (SSSR count). The van der Waals surface area contributed by atoms with Crippen LogP contribution in [0.5, 0.6) is 0 Å². The molecule has 0 fully saturated rings. The summed E-state index contributed by atoms with van der Waals surface area (Å²) in [4.78, 5) is 3.99. The van der Waals surface area contributed by atoms with E-state index in [1.165, 1.54) is 19.2 Å². The highest BCUT2D eigenvalue weighted by atomic mass is 127. The van der Waals surface area contributed by atoms with Crippen LogP contribution in [0, 0.1) is 11.6 Å². The summed E-state index contributed by atoms with van der Waals surface area (Å²) < 4.78 is 50.0. The number of aliphatic imine (C=N–C) groups is 1. The van der Waals surface area contributed by atoms with E-state index in [1.54, 1.807) is 27.7 Å². The first-order chi connectivity index (χ1) is 11.0. The molecule has 5 nitrogen and oxygen atoms in total. The van der Waals surface area contributed by atoms with Crippen molar-refractivity contribution in [1.29, 1.82) is 0 Å². The van der Waals surface area contributed by atoms with Gasteiger partial charge in [0.25, 0.3) is 0 Å². The van der Waals surface area contributed by atoms with Crippen LogP contribution in [-0.2, 0) is 9.84 Å². The summed E-state index contributed by atoms with van der Waals surface area (Å²) in [6, 6.07) is 2.90. The number of guanidine groups is 1. The minimum Gasteiger partial charge on any atom is -0.355 e. The minimum atomic E-state index is -3.24. The van der Waals surface area contributed by atoms with Gasteiger partial charge in [-0.1, -0.05) is 6.07 Å². The molecule has 2 N–H and O–H groups in total. The van der Waals surface area contributed by atoms with Gasteiger partial charge in [-0.2, -0.15) is 0 Å². The molecule has 0 aliphatic carbocycles. The van der Waals surface area contributed by atoms with Crippen molar-refractivity contribution < 1.29 is 17.2 Å². The lowest BCUT2D eigenvalue weighted by atomic mass is 10.1. The maximum Gasteiger partial charge on any atom is 0.191 e. The third kappa shape index (κ3) is 7.04. The van der Waals surface area contributed by atoms with Gasteiger partial charge >= 0.3 is 0 Å². The van der Waals surface area contributed by atoms with Gasteiger partial charge in [-0.05, 0) is 33.8 Å². The van der Waals surface area contributed by atoms with Crippen molar-refractivity contribution >= 4 is 39.8 Å². The first-order valence-electron chi connectivity index (χ1n) is 7.62. The van der Waals surface area contributed by atoms with Gasteiger partial charge < -0.3 is 10.6 Å². The third-order valence-corrected chi connectivity index (χ3v) is 6.21. The fraction of sp³-hybridized carbons (Fsp3) is 0.562. The van der Waals surface area contributed by atoms with Crippen LogP contribution < -0.4 is 10.6 Å². The summed E-state index contributed by atoms with van der Waals surface area (Å²) >= 11 is 0. The quantitative estimate of drug-likeness (QED) is 0.379. The van der Waals surface area contributed by atoms with E-state index in [1.807, 2.05) is 0 Å². The molecule has 0 bridgehead atoms. The first-order valence-corrected chi connectivity index (χ1v) is 9.27. The summed E-state index contributed by atoms with van der Waals surface area (Å²) in [7, 11) is -1.71. The number of rotatable bonds is 5.